The number of phenolic OH excluding ortho intramolecular Hbond substituents is 1. The minimum Gasteiger partial charge on any atom is -0.507 e. The minimum atomic E-state index is -1.10. The molecule has 1 aromatic heterocycles. The van der Waals surface area contributed by atoms with Gasteiger partial charge in [0.15, 0.2) is 0 Å². The van der Waals surface area contributed by atoms with Gasteiger partial charge in [-0.15, -0.1) is 0 Å². The summed E-state index contributed by atoms with van der Waals surface area (Å²) >= 11 is 3.25. The molecular weight excluding hydrogens is 276 g/mol. The van der Waals surface area contributed by atoms with Gasteiger partial charge in [0.05, 0.1) is 17.5 Å². The van der Waals surface area contributed by atoms with Gasteiger partial charge in [-0.1, -0.05) is 6.07 Å². The number of nitrogens with zero attached hydrogens (tertiary/aromatic N) is 1. The normalized spacial score (nSPS) is 10.3. The number of benzene rings is 1. The fourth-order valence-corrected chi connectivity index (χ4v) is 1.95. The zero-order chi connectivity index (χ0) is 11.7. The van der Waals surface area contributed by atoms with Gasteiger partial charge in [0.25, 0.3) is 0 Å². The fourth-order valence-electron chi connectivity index (χ4n) is 1.40. The van der Waals surface area contributed by atoms with E-state index in [2.05, 4.69) is 26.1 Å². The van der Waals surface area contributed by atoms with Crippen LogP contribution >= 0.6 is 15.9 Å². The highest BCUT2D eigenvalue weighted by atomic mass is 79.9. The van der Waals surface area contributed by atoms with Crippen LogP contribution in [0.3, 0.4) is 0 Å². The Kier molecular flexibility index (Phi) is 2.66. The summed E-state index contributed by atoms with van der Waals surface area (Å²) < 4.78 is 0.597. The van der Waals surface area contributed by atoms with Crippen molar-refractivity contribution in [3.05, 3.63) is 34.4 Å². The van der Waals surface area contributed by atoms with E-state index in [-0.39, 0.29) is 17.0 Å². The molecule has 0 unspecified atom stereocenters. The molecule has 0 atom stereocenters. The van der Waals surface area contributed by atoms with Crippen molar-refractivity contribution in [1.82, 2.24) is 10.2 Å². The van der Waals surface area contributed by atoms with Crippen molar-refractivity contribution in [2.75, 3.05) is 0 Å². The average Bonchev–Trinajstić information content (AvgIpc) is 2.66. The summed E-state index contributed by atoms with van der Waals surface area (Å²) in [7, 11) is 0. The summed E-state index contributed by atoms with van der Waals surface area (Å²) in [6.45, 7) is 0. The third kappa shape index (κ3) is 1.67. The highest BCUT2D eigenvalue weighted by molar-refractivity contribution is 9.10. The van der Waals surface area contributed by atoms with Gasteiger partial charge in [-0.3, -0.25) is 5.10 Å². The number of aromatic nitrogens is 2. The number of aromatic carboxylic acids is 1. The Morgan fingerprint density at radius 2 is 2.19 bits per heavy atom. The number of H-pyrrole nitrogens is 1. The first-order chi connectivity index (χ1) is 7.61. The molecule has 2 aromatic rings. The Hall–Kier alpha value is -1.82. The minimum absolute atomic E-state index is 0.0128. The van der Waals surface area contributed by atoms with Crippen molar-refractivity contribution in [1.29, 1.82) is 0 Å². The number of carbonyl (C=O) groups is 1. The second-order valence-corrected chi connectivity index (χ2v) is 3.95. The lowest BCUT2D eigenvalue weighted by Crippen LogP contribution is -1.97. The Labute approximate surface area is 98.9 Å². The number of hydrogen-bond donors (Lipinski definition) is 3. The molecule has 3 N–H and O–H groups in total. The van der Waals surface area contributed by atoms with Crippen LogP contribution in [-0.4, -0.2) is 26.4 Å². The zero-order valence-corrected chi connectivity index (χ0v) is 9.52. The number of hydrogen-bond acceptors (Lipinski definition) is 3. The lowest BCUT2D eigenvalue weighted by atomic mass is 10.1. The topological polar surface area (TPSA) is 86.2 Å². The molecule has 0 amide bonds. The number of carboxylic acids is 1. The van der Waals surface area contributed by atoms with Crippen LogP contribution in [0.2, 0.25) is 0 Å². The molecule has 0 saturated carbocycles. The van der Waals surface area contributed by atoms with Gasteiger partial charge in [0, 0.05) is 4.47 Å². The maximum atomic E-state index is 10.9. The van der Waals surface area contributed by atoms with E-state index in [9.17, 15) is 9.90 Å². The van der Waals surface area contributed by atoms with E-state index in [1.165, 1.54) is 12.3 Å². The first kappa shape index (κ1) is 10.7. The molecule has 0 spiro atoms. The van der Waals surface area contributed by atoms with Crippen LogP contribution in [0, 0.1) is 0 Å². The Morgan fingerprint density at radius 1 is 1.44 bits per heavy atom. The van der Waals surface area contributed by atoms with Crippen molar-refractivity contribution < 1.29 is 15.0 Å². The summed E-state index contributed by atoms with van der Waals surface area (Å²) in [5.74, 6) is -1.11. The molecule has 16 heavy (non-hydrogen) atoms. The third-order valence-electron chi connectivity index (χ3n) is 2.11. The molecule has 1 heterocycles. The summed E-state index contributed by atoms with van der Waals surface area (Å²) in [5, 5.41) is 24.9. The first-order valence-electron chi connectivity index (χ1n) is 4.35. The predicted molar refractivity (Wildman–Crippen MR) is 60.3 cm³/mol. The van der Waals surface area contributed by atoms with E-state index in [1.54, 1.807) is 12.1 Å². The van der Waals surface area contributed by atoms with Gasteiger partial charge in [-0.05, 0) is 28.1 Å². The number of aromatic amines is 1. The highest BCUT2D eigenvalue weighted by Gasteiger charge is 2.18. The van der Waals surface area contributed by atoms with E-state index in [4.69, 9.17) is 5.11 Å². The third-order valence-corrected chi connectivity index (χ3v) is 2.77. The predicted octanol–water partition coefficient (Wildman–Crippen LogP) is 2.24. The lowest BCUT2D eigenvalue weighted by Gasteiger charge is -2.05. The Balaban J connectivity index is 2.68. The maximum absolute atomic E-state index is 10.9. The summed E-state index contributed by atoms with van der Waals surface area (Å²) in [4.78, 5) is 10.9. The quantitative estimate of drug-likeness (QED) is 0.789. The van der Waals surface area contributed by atoms with Crippen molar-refractivity contribution >= 4 is 21.9 Å². The molecule has 0 bridgehead atoms. The van der Waals surface area contributed by atoms with Gasteiger partial charge >= 0.3 is 5.97 Å². The second-order valence-electron chi connectivity index (χ2n) is 3.10. The smallest absolute Gasteiger partial charge is 0.339 e. The molecule has 0 saturated heterocycles. The zero-order valence-electron chi connectivity index (χ0n) is 7.94. The first-order valence-corrected chi connectivity index (χ1v) is 5.15. The molecule has 0 aliphatic carbocycles. The lowest BCUT2D eigenvalue weighted by molar-refractivity contribution is 0.0698. The molecule has 0 aliphatic rings. The van der Waals surface area contributed by atoms with Gasteiger partial charge in [0.1, 0.15) is 11.3 Å². The Morgan fingerprint density at radius 3 is 2.81 bits per heavy atom. The van der Waals surface area contributed by atoms with E-state index < -0.39 is 5.97 Å². The highest BCUT2D eigenvalue weighted by Crippen LogP contribution is 2.36. The number of nitrogens with one attached hydrogen (secondary N) is 1. The number of halogens is 1. The van der Waals surface area contributed by atoms with E-state index in [1.807, 2.05) is 0 Å². The van der Waals surface area contributed by atoms with Gasteiger partial charge in [-0.25, -0.2) is 4.79 Å². The summed E-state index contributed by atoms with van der Waals surface area (Å²) in [6.07, 6.45) is 1.20. The maximum Gasteiger partial charge on any atom is 0.339 e. The summed E-state index contributed by atoms with van der Waals surface area (Å²) in [5.41, 5.74) is 0.678. The Bertz CT molecular complexity index is 530. The van der Waals surface area contributed by atoms with Crippen LogP contribution in [-0.2, 0) is 0 Å². The van der Waals surface area contributed by atoms with Crippen molar-refractivity contribution in [3.8, 4) is 17.0 Å². The van der Waals surface area contributed by atoms with Crippen molar-refractivity contribution in [2.45, 2.75) is 0 Å². The second kappa shape index (κ2) is 3.97. The van der Waals surface area contributed by atoms with Gasteiger partial charge in [0.2, 0.25) is 0 Å². The van der Waals surface area contributed by atoms with Crippen LogP contribution < -0.4 is 0 Å². The number of carboxylic acid groups (broad SMARTS) is 1. The standard InChI is InChI=1S/C10H7BrN2O3/c11-6-2-1-3-7(14)8(6)9-5(10(15)16)4-12-13-9/h1-4,14H,(H,12,13)(H,15,16). The SMILES string of the molecule is O=C(O)c1cn[nH]c1-c1c(O)cccc1Br. The number of phenols is 1. The molecular formula is C10H7BrN2O3. The van der Waals surface area contributed by atoms with Crippen LogP contribution in [0.25, 0.3) is 11.3 Å². The van der Waals surface area contributed by atoms with E-state index in [0.717, 1.165) is 0 Å². The molecule has 0 radical (unpaired) electrons. The molecule has 82 valence electrons. The number of aromatic hydroxyl groups is 1. The van der Waals surface area contributed by atoms with Crippen LogP contribution in [0.4, 0.5) is 0 Å². The van der Waals surface area contributed by atoms with Crippen LogP contribution in [0.1, 0.15) is 10.4 Å². The number of rotatable bonds is 2. The van der Waals surface area contributed by atoms with Crippen molar-refractivity contribution in [3.63, 3.8) is 0 Å². The van der Waals surface area contributed by atoms with E-state index in [0.29, 0.717) is 10.0 Å². The van der Waals surface area contributed by atoms with Gasteiger partial charge < -0.3 is 10.2 Å². The molecule has 0 aliphatic heterocycles. The van der Waals surface area contributed by atoms with Crippen LogP contribution in [0.15, 0.2) is 28.9 Å². The molecule has 1 aromatic carbocycles. The largest absolute Gasteiger partial charge is 0.507 e. The molecule has 2 rings (SSSR count). The molecule has 0 fully saturated rings. The molecule has 6 heteroatoms. The summed E-state index contributed by atoms with van der Waals surface area (Å²) in [6, 6.07) is 4.84. The molecule has 5 nitrogen and oxygen atoms in total. The average molecular weight is 283 g/mol. The fraction of sp³-hybridized carbons (Fsp3) is 0. The van der Waals surface area contributed by atoms with Gasteiger partial charge in [-0.2, -0.15) is 5.10 Å². The van der Waals surface area contributed by atoms with E-state index >= 15 is 0 Å². The monoisotopic (exact) mass is 282 g/mol. The van der Waals surface area contributed by atoms with Crippen LogP contribution in [0.5, 0.6) is 5.75 Å². The van der Waals surface area contributed by atoms with Crippen molar-refractivity contribution in [2.24, 2.45) is 0 Å².